The molecule has 0 spiro atoms. The van der Waals surface area contributed by atoms with Crippen LogP contribution in [0.3, 0.4) is 0 Å². The average molecular weight is 341 g/mol. The second-order valence-electron chi connectivity index (χ2n) is 4.76. The van der Waals surface area contributed by atoms with E-state index in [0.29, 0.717) is 26.5 Å². The smallest absolute Gasteiger partial charge is 0.259 e. The van der Waals surface area contributed by atoms with Crippen LogP contribution in [0.5, 0.6) is 0 Å². The summed E-state index contributed by atoms with van der Waals surface area (Å²) >= 11 is 2.78. The maximum absolute atomic E-state index is 12.1. The predicted molar refractivity (Wildman–Crippen MR) is 94.6 cm³/mol. The topological polar surface area (TPSA) is 85.3 Å². The highest BCUT2D eigenvalue weighted by Crippen LogP contribution is 2.34. The number of hydrogen-bond acceptors (Lipinski definition) is 7. The first-order valence-corrected chi connectivity index (χ1v) is 8.46. The molecule has 4 aromatic rings. The summed E-state index contributed by atoms with van der Waals surface area (Å²) in [5.41, 5.74) is 7.36. The zero-order chi connectivity index (χ0) is 15.8. The lowest BCUT2D eigenvalue weighted by Crippen LogP contribution is -2.11. The molecule has 0 aliphatic rings. The number of para-hydroxylation sites is 1. The van der Waals surface area contributed by atoms with Gasteiger partial charge in [0.15, 0.2) is 10.1 Å². The maximum atomic E-state index is 12.1. The molecule has 0 atom stereocenters. The van der Waals surface area contributed by atoms with E-state index in [9.17, 15) is 4.79 Å². The van der Waals surface area contributed by atoms with Crippen molar-refractivity contribution in [2.75, 3.05) is 11.1 Å². The Balaban J connectivity index is 1.75. The molecule has 0 saturated heterocycles. The normalized spacial score (nSPS) is 11.0. The van der Waals surface area contributed by atoms with Crippen LogP contribution >= 0.6 is 22.7 Å². The number of thiazole rings is 2. The molecule has 3 aromatic heterocycles. The number of nitrogens with one attached hydrogen (secondary N) is 1. The van der Waals surface area contributed by atoms with Crippen molar-refractivity contribution < 1.29 is 0 Å². The largest absolute Gasteiger partial charge is 0.382 e. The second kappa shape index (κ2) is 5.49. The molecule has 4 rings (SSSR count). The van der Waals surface area contributed by atoms with E-state index in [-0.39, 0.29) is 5.56 Å². The average Bonchev–Trinajstić information content (AvgIpc) is 3.15. The number of anilines is 3. The summed E-state index contributed by atoms with van der Waals surface area (Å²) in [6, 6.07) is 11.2. The van der Waals surface area contributed by atoms with Crippen molar-refractivity contribution in [3.8, 4) is 10.6 Å². The van der Waals surface area contributed by atoms with Crippen LogP contribution in [0, 0.1) is 0 Å². The highest BCUT2D eigenvalue weighted by molar-refractivity contribution is 7.19. The van der Waals surface area contributed by atoms with E-state index in [1.807, 2.05) is 35.7 Å². The van der Waals surface area contributed by atoms with Crippen LogP contribution in [0.4, 0.5) is 16.6 Å². The van der Waals surface area contributed by atoms with Gasteiger partial charge in [0, 0.05) is 23.3 Å². The van der Waals surface area contributed by atoms with Gasteiger partial charge in [-0.3, -0.25) is 9.20 Å². The lowest BCUT2D eigenvalue weighted by molar-refractivity contribution is 1.08. The summed E-state index contributed by atoms with van der Waals surface area (Å²) in [6.07, 6.45) is 1.71. The van der Waals surface area contributed by atoms with Crippen molar-refractivity contribution in [1.29, 1.82) is 0 Å². The van der Waals surface area contributed by atoms with E-state index in [0.717, 1.165) is 5.69 Å². The maximum Gasteiger partial charge on any atom is 0.259 e. The van der Waals surface area contributed by atoms with Crippen molar-refractivity contribution in [3.63, 3.8) is 0 Å². The molecule has 8 heteroatoms. The first-order valence-electron chi connectivity index (χ1n) is 6.76. The minimum Gasteiger partial charge on any atom is -0.382 e. The Hall–Kier alpha value is -2.71. The number of aromatic nitrogens is 3. The molecule has 0 aliphatic carbocycles. The summed E-state index contributed by atoms with van der Waals surface area (Å²) in [6.45, 7) is 0. The predicted octanol–water partition coefficient (Wildman–Crippen LogP) is 3.21. The van der Waals surface area contributed by atoms with Crippen molar-refractivity contribution in [3.05, 3.63) is 58.3 Å². The van der Waals surface area contributed by atoms with Gasteiger partial charge in [-0.05, 0) is 12.1 Å². The summed E-state index contributed by atoms with van der Waals surface area (Å²) < 4.78 is 1.51. The van der Waals surface area contributed by atoms with Crippen molar-refractivity contribution in [2.45, 2.75) is 0 Å². The van der Waals surface area contributed by atoms with Crippen molar-refractivity contribution in [1.82, 2.24) is 14.4 Å². The highest BCUT2D eigenvalue weighted by Gasteiger charge is 2.14. The van der Waals surface area contributed by atoms with Crippen LogP contribution in [0.15, 0.2) is 52.8 Å². The summed E-state index contributed by atoms with van der Waals surface area (Å²) in [5, 5.41) is 5.69. The lowest BCUT2D eigenvalue weighted by Gasteiger charge is -2.00. The Bertz CT molecular complexity index is 1030. The van der Waals surface area contributed by atoms with Crippen LogP contribution in [0.2, 0.25) is 0 Å². The monoisotopic (exact) mass is 341 g/mol. The van der Waals surface area contributed by atoms with E-state index in [2.05, 4.69) is 15.3 Å². The van der Waals surface area contributed by atoms with Gasteiger partial charge < -0.3 is 11.1 Å². The molecule has 114 valence electrons. The molecule has 3 heterocycles. The fraction of sp³-hybridized carbons (Fsp3) is 0. The molecule has 23 heavy (non-hydrogen) atoms. The van der Waals surface area contributed by atoms with Gasteiger partial charge >= 0.3 is 0 Å². The van der Waals surface area contributed by atoms with E-state index in [4.69, 9.17) is 5.73 Å². The first kappa shape index (κ1) is 13.9. The van der Waals surface area contributed by atoms with Gasteiger partial charge in [-0.25, -0.2) is 9.97 Å². The number of hydrogen-bond donors (Lipinski definition) is 2. The minimum absolute atomic E-state index is 0.128. The van der Waals surface area contributed by atoms with Crippen LogP contribution in [0.25, 0.3) is 15.5 Å². The first-order chi connectivity index (χ1) is 11.2. The van der Waals surface area contributed by atoms with Crippen LogP contribution < -0.4 is 16.6 Å². The Morgan fingerprint density at radius 3 is 2.83 bits per heavy atom. The zero-order valence-corrected chi connectivity index (χ0v) is 13.4. The summed E-state index contributed by atoms with van der Waals surface area (Å²) in [4.78, 5) is 22.2. The number of fused-ring (bicyclic) bond motifs is 1. The lowest BCUT2D eigenvalue weighted by atomic mass is 10.3. The van der Waals surface area contributed by atoms with Gasteiger partial charge in [0.1, 0.15) is 5.82 Å². The van der Waals surface area contributed by atoms with Gasteiger partial charge in [0.2, 0.25) is 0 Å². The van der Waals surface area contributed by atoms with Crippen molar-refractivity contribution >= 4 is 44.3 Å². The van der Waals surface area contributed by atoms with Gasteiger partial charge in [0.05, 0.1) is 10.6 Å². The molecular weight excluding hydrogens is 330 g/mol. The molecule has 0 aliphatic heterocycles. The number of nitrogen functional groups attached to an aromatic ring is 1. The Labute approximate surface area is 138 Å². The van der Waals surface area contributed by atoms with E-state index in [1.165, 1.54) is 33.1 Å². The Morgan fingerprint density at radius 2 is 2.00 bits per heavy atom. The third-order valence-electron chi connectivity index (χ3n) is 3.21. The van der Waals surface area contributed by atoms with E-state index >= 15 is 0 Å². The number of nitrogens with two attached hydrogens (primary N) is 1. The van der Waals surface area contributed by atoms with Gasteiger partial charge in [-0.15, -0.1) is 11.3 Å². The molecule has 0 bridgehead atoms. The zero-order valence-electron chi connectivity index (χ0n) is 11.8. The fourth-order valence-corrected chi connectivity index (χ4v) is 3.76. The molecule has 1 aromatic carbocycles. The van der Waals surface area contributed by atoms with Crippen LogP contribution in [-0.2, 0) is 0 Å². The Morgan fingerprint density at radius 1 is 1.17 bits per heavy atom. The standard InChI is InChI=1S/C15H11N5OS2/c16-13-12(10-8-11(21)20-6-7-22-15(20)18-10)23-14(19-13)17-9-4-2-1-3-5-9/h1-8H,16H2,(H,17,19). The molecule has 0 amide bonds. The third-order valence-corrected chi connectivity index (χ3v) is 4.98. The van der Waals surface area contributed by atoms with Gasteiger partial charge in [-0.2, -0.15) is 0 Å². The Kier molecular flexibility index (Phi) is 3.32. The van der Waals surface area contributed by atoms with Gasteiger partial charge in [0.25, 0.3) is 5.56 Å². The molecule has 0 radical (unpaired) electrons. The second-order valence-corrected chi connectivity index (χ2v) is 6.63. The third kappa shape index (κ3) is 2.58. The summed E-state index contributed by atoms with van der Waals surface area (Å²) in [7, 11) is 0. The SMILES string of the molecule is Nc1nc(Nc2ccccc2)sc1-c1cc(=O)n2ccsc2n1. The summed E-state index contributed by atoms with van der Waals surface area (Å²) in [5.74, 6) is 0.362. The molecule has 6 nitrogen and oxygen atoms in total. The fourth-order valence-electron chi connectivity index (χ4n) is 2.17. The van der Waals surface area contributed by atoms with Gasteiger partial charge in [-0.1, -0.05) is 29.5 Å². The molecule has 0 fully saturated rings. The van der Waals surface area contributed by atoms with Crippen LogP contribution in [0.1, 0.15) is 0 Å². The quantitative estimate of drug-likeness (QED) is 0.598. The number of rotatable bonds is 3. The molecule has 0 saturated carbocycles. The minimum atomic E-state index is -0.128. The van der Waals surface area contributed by atoms with E-state index < -0.39 is 0 Å². The highest BCUT2D eigenvalue weighted by atomic mass is 32.1. The molecular formula is C15H11N5OS2. The molecule has 3 N–H and O–H groups in total. The van der Waals surface area contributed by atoms with E-state index in [1.54, 1.807) is 6.20 Å². The molecule has 0 unspecified atom stereocenters. The van der Waals surface area contributed by atoms with Crippen molar-refractivity contribution in [2.24, 2.45) is 0 Å². The van der Waals surface area contributed by atoms with Crippen LogP contribution in [-0.4, -0.2) is 14.4 Å². The number of nitrogens with zero attached hydrogens (tertiary/aromatic N) is 3. The number of benzene rings is 1.